The highest BCUT2D eigenvalue weighted by Gasteiger charge is 2.11. The van der Waals surface area contributed by atoms with Crippen LogP contribution in [0.3, 0.4) is 0 Å². The Morgan fingerprint density at radius 3 is 1.15 bits per heavy atom. The fraction of sp³-hybridized carbons (Fsp3) is 0.352. The third-order valence-electron chi connectivity index (χ3n) is 16.9. The minimum atomic E-state index is 0.664. The molecule has 2 aliphatic carbocycles. The number of imidazole rings is 1. The predicted octanol–water partition coefficient (Wildman–Crippen LogP) is 14.8. The second kappa shape index (κ2) is 59.8. The molecule has 0 spiro atoms. The van der Waals surface area contributed by atoms with Crippen LogP contribution in [0.2, 0.25) is 0 Å². The van der Waals surface area contributed by atoms with Crippen molar-refractivity contribution in [2.75, 3.05) is 105 Å². The summed E-state index contributed by atoms with van der Waals surface area (Å²) in [5.74, 6) is 2.78. The second-order valence-corrected chi connectivity index (χ2v) is 25.0. The summed E-state index contributed by atoms with van der Waals surface area (Å²) in [4.78, 5) is 21.7. The van der Waals surface area contributed by atoms with Gasteiger partial charge in [0.05, 0.1) is 45.6 Å². The molecule has 20 heteroatoms. The lowest BCUT2D eigenvalue weighted by molar-refractivity contribution is 0.109. The molecule has 0 amide bonds. The largest absolute Gasteiger partial charge is 0.493 e. The molecule has 4 fully saturated rings. The van der Waals surface area contributed by atoms with Crippen LogP contribution >= 0.6 is 0 Å². The minimum absolute atomic E-state index is 0.664. The van der Waals surface area contributed by atoms with Gasteiger partial charge in [-0.25, -0.2) is 4.98 Å². The van der Waals surface area contributed by atoms with Gasteiger partial charge in [0, 0.05) is 120 Å². The van der Waals surface area contributed by atoms with Crippen LogP contribution in [-0.4, -0.2) is 150 Å². The maximum atomic E-state index is 5.30. The number of H-pyrrole nitrogens is 2. The van der Waals surface area contributed by atoms with Crippen LogP contribution in [0.1, 0.15) is 90.3 Å². The van der Waals surface area contributed by atoms with E-state index in [-0.39, 0.29) is 0 Å². The number of para-hydroxylation sites is 3. The summed E-state index contributed by atoms with van der Waals surface area (Å²) < 4.78 is 30.5. The second-order valence-electron chi connectivity index (χ2n) is 25.0. The van der Waals surface area contributed by atoms with Crippen LogP contribution in [-0.2, 0) is 54.6 Å². The standard InChI is InChI=1S/C10H12.C9H7N.C9H10O.C9H10.C8H8O2.C8H8O.C5H11N.C5H5N.C4H10N2.C4H4N2.C4H9NO.C4H9N.2C3H4N2.C3H3NO/c1-2-6-10-8-4-3-7-9(10)5-1;2*1-2-4-9-7-10-6-5-8(9)3-1;1-2-5-9-7-3-6-8(9)4-1;1-2-4-8-7(3-1)9-5-6-10-8;1-2-4-8-7(3-1)5-6-9-8;2*1-2-4-6-5-3-1;2*1-2-6-4-3-5-1;1-3-6-4-2-5-1;1-2-4-5-3-1;1-2-5-3-4-1;2*1-2-4-5-3-1/h1-2,5-6H,3-4,7-8H2;1-7H;1-4H,5-7H2;1-2,4-5H,3,6-7H2;1-4H,5-6H2;1-4H,5-6H2;6H,1-5H2;1-5H;5-6H,1-4H2;1-4H;5H,1-4H2;5H,1-4H2;2*1-3H,(H,4,5);1-3H. The number of piperazine rings is 1. The van der Waals surface area contributed by atoms with Crippen molar-refractivity contribution < 1.29 is 28.2 Å². The number of pyridine rings is 2. The number of rotatable bonds is 0. The number of aryl methyl sites for hydroxylation is 4. The quantitative estimate of drug-likeness (QED) is 0.0746. The zero-order chi connectivity index (χ0) is 74.8. The molecule has 0 bridgehead atoms. The van der Waals surface area contributed by atoms with Gasteiger partial charge in [-0.2, -0.15) is 5.10 Å². The number of nitrogens with zero attached hydrogens (tertiary/aromatic N) is 7. The van der Waals surface area contributed by atoms with Crippen LogP contribution in [0.15, 0.2) is 280 Å². The van der Waals surface area contributed by atoms with Gasteiger partial charge < -0.3 is 59.8 Å². The fourth-order valence-corrected chi connectivity index (χ4v) is 11.4. The molecule has 6 aromatic heterocycles. The van der Waals surface area contributed by atoms with Crippen molar-refractivity contribution in [1.29, 1.82) is 0 Å². The smallest absolute Gasteiger partial charge is 0.161 e. The number of ether oxygens (including phenoxy) is 5. The van der Waals surface area contributed by atoms with Crippen molar-refractivity contribution in [3.8, 4) is 17.2 Å². The van der Waals surface area contributed by atoms with E-state index in [1.54, 1.807) is 103 Å². The van der Waals surface area contributed by atoms with Gasteiger partial charge in [0.2, 0.25) is 0 Å². The average Bonchev–Trinajstić information content (AvgIpc) is 1.11. The van der Waals surface area contributed by atoms with Crippen molar-refractivity contribution in [2.45, 2.75) is 96.5 Å². The summed E-state index contributed by atoms with van der Waals surface area (Å²) in [5, 5.41) is 28.1. The topological polar surface area (TPSA) is 241 Å². The predicted molar refractivity (Wildman–Crippen MR) is 434 cm³/mol. The molecule has 13 heterocycles. The average molecular weight is 1460 g/mol. The maximum absolute atomic E-state index is 5.30. The Morgan fingerprint density at radius 2 is 0.769 bits per heavy atom. The van der Waals surface area contributed by atoms with Gasteiger partial charge in [-0.15, -0.1) is 0 Å². The molecule has 0 radical (unpaired) electrons. The van der Waals surface area contributed by atoms with E-state index < -0.39 is 0 Å². The van der Waals surface area contributed by atoms with E-state index in [4.69, 9.17) is 23.7 Å². The van der Waals surface area contributed by atoms with Gasteiger partial charge in [-0.3, -0.25) is 25.0 Å². The van der Waals surface area contributed by atoms with Crippen molar-refractivity contribution in [3.05, 3.63) is 314 Å². The van der Waals surface area contributed by atoms with E-state index in [1.165, 1.54) is 137 Å². The normalized spacial score (nSPS) is 15.0. The number of aromatic nitrogens is 9. The van der Waals surface area contributed by atoms with E-state index in [0.29, 0.717) is 13.2 Å². The first-order chi connectivity index (χ1) is 53.8. The molecule has 4 saturated heterocycles. The number of morpholine rings is 1. The Morgan fingerprint density at radius 1 is 0.278 bits per heavy atom. The summed E-state index contributed by atoms with van der Waals surface area (Å²) in [6, 6.07) is 61.3. The summed E-state index contributed by atoms with van der Waals surface area (Å²) >= 11 is 0. The molecule has 6 aromatic carbocycles. The first-order valence-electron chi connectivity index (χ1n) is 38.3. The molecule has 20 nitrogen and oxygen atoms in total. The zero-order valence-electron chi connectivity index (χ0n) is 63.0. The van der Waals surface area contributed by atoms with Gasteiger partial charge in [0.1, 0.15) is 25.2 Å². The number of aromatic amines is 2. The Labute approximate surface area is 640 Å². The maximum Gasteiger partial charge on any atom is 0.161 e. The van der Waals surface area contributed by atoms with Gasteiger partial charge in [0.25, 0.3) is 0 Å². The lowest BCUT2D eigenvalue weighted by Gasteiger charge is -2.17. The van der Waals surface area contributed by atoms with E-state index in [1.807, 2.05) is 97.3 Å². The summed E-state index contributed by atoms with van der Waals surface area (Å²) in [7, 11) is 0. The minimum Gasteiger partial charge on any atom is -0.493 e. The van der Waals surface area contributed by atoms with E-state index in [2.05, 4.69) is 167 Å². The van der Waals surface area contributed by atoms with Crippen LogP contribution < -0.4 is 40.8 Å². The fourth-order valence-electron chi connectivity index (χ4n) is 11.4. The molecule has 0 unspecified atom stereocenters. The Kier molecular flexibility index (Phi) is 47.0. The molecule has 572 valence electrons. The Hall–Kier alpha value is -10.3. The van der Waals surface area contributed by atoms with Gasteiger partial charge in [-0.05, 0) is 201 Å². The van der Waals surface area contributed by atoms with Crippen molar-refractivity contribution in [1.82, 2.24) is 71.8 Å². The molecule has 12 aromatic rings. The van der Waals surface area contributed by atoms with E-state index >= 15 is 0 Å². The van der Waals surface area contributed by atoms with Crippen LogP contribution in [0.5, 0.6) is 17.2 Å². The van der Waals surface area contributed by atoms with Gasteiger partial charge >= 0.3 is 0 Å². The molecule has 108 heavy (non-hydrogen) atoms. The Bertz CT molecular complexity index is 3310. The molecular weight excluding hydrogens is 1350 g/mol. The summed E-state index contributed by atoms with van der Waals surface area (Å²) in [6.45, 7) is 17.3. The Balaban J connectivity index is 0.000000162. The molecule has 9 aliphatic rings. The molecule has 21 rings (SSSR count). The van der Waals surface area contributed by atoms with Gasteiger partial charge in [-0.1, -0.05) is 145 Å². The summed E-state index contributed by atoms with van der Waals surface area (Å²) in [6.07, 6.45) is 43.9. The first-order valence-corrected chi connectivity index (χ1v) is 38.3. The van der Waals surface area contributed by atoms with Crippen LogP contribution in [0, 0.1) is 0 Å². The van der Waals surface area contributed by atoms with E-state index in [0.717, 1.165) is 102 Å². The highest BCUT2D eigenvalue weighted by Crippen LogP contribution is 2.29. The number of fused-ring (bicyclic) bond motifs is 6. The molecule has 0 atom stereocenters. The van der Waals surface area contributed by atoms with Crippen molar-refractivity contribution >= 4 is 10.8 Å². The highest BCUT2D eigenvalue weighted by molar-refractivity contribution is 5.81. The SMILES string of the molecule is C1CCNC1.C1CCNCC1.C1CNCCN1.C1COCCN1.c1c[nH]cn1.c1ccc2c(c1)CCC2.c1ccc2c(c1)CCCC2.c1ccc2c(c1)CCO2.c1ccc2c(c1)CCOC2.c1ccc2c(c1)OCCO2.c1ccc2cnccc2c1.c1ccncc1.c1cn[nH]c1.c1cnccn1.c1cnoc1. The molecule has 0 saturated carbocycles. The number of hydrogen-bond donors (Lipinski definition) is 7. The number of piperidine rings is 1. The lowest BCUT2D eigenvalue weighted by Crippen LogP contribution is -2.39. The van der Waals surface area contributed by atoms with E-state index in [9.17, 15) is 0 Å². The third kappa shape index (κ3) is 40.4. The van der Waals surface area contributed by atoms with Crippen molar-refractivity contribution in [2.24, 2.45) is 0 Å². The molecular formula is C88H114N14O6. The number of nitrogens with one attached hydrogen (secondary N) is 7. The molecule has 7 N–H and O–H groups in total. The van der Waals surface area contributed by atoms with Crippen molar-refractivity contribution in [3.63, 3.8) is 0 Å². The van der Waals surface area contributed by atoms with Gasteiger partial charge in [0.15, 0.2) is 11.5 Å². The number of benzene rings is 6. The zero-order valence-corrected chi connectivity index (χ0v) is 63.0. The summed E-state index contributed by atoms with van der Waals surface area (Å²) in [5.41, 5.74) is 10.4. The lowest BCUT2D eigenvalue weighted by atomic mass is 9.92. The molecule has 7 aliphatic heterocycles. The monoisotopic (exact) mass is 1460 g/mol. The highest BCUT2D eigenvalue weighted by atomic mass is 16.6. The number of hydrogen-bond acceptors (Lipinski definition) is 18. The van der Waals surface area contributed by atoms with Crippen LogP contribution in [0.25, 0.3) is 10.8 Å². The first kappa shape index (κ1) is 85.0. The van der Waals surface area contributed by atoms with Crippen LogP contribution in [0.4, 0.5) is 0 Å². The third-order valence-corrected chi connectivity index (χ3v) is 16.9.